The monoisotopic (exact) mass is 323 g/mol. The van der Waals surface area contributed by atoms with Gasteiger partial charge in [-0.2, -0.15) is 0 Å². The topological polar surface area (TPSA) is 29.9 Å². The van der Waals surface area contributed by atoms with Crippen molar-refractivity contribution in [2.45, 2.75) is 25.8 Å². The molecule has 0 amide bonds. The first-order valence-corrected chi connectivity index (χ1v) is 7.26. The molecule has 1 aromatic carbocycles. The minimum absolute atomic E-state index is 0.186. The highest BCUT2D eigenvalue weighted by atomic mass is 79.9. The van der Waals surface area contributed by atoms with Crippen LogP contribution in [0.1, 0.15) is 17.8 Å². The Morgan fingerprint density at radius 3 is 2.84 bits per heavy atom. The van der Waals surface area contributed by atoms with Crippen LogP contribution in [-0.2, 0) is 19.4 Å². The number of aryl methyl sites for hydroxylation is 2. The molecule has 2 aromatic rings. The van der Waals surface area contributed by atoms with Crippen molar-refractivity contribution in [1.82, 2.24) is 9.55 Å². The number of nitrogens with one attached hydrogen (secondary N) is 1. The van der Waals surface area contributed by atoms with E-state index in [0.717, 1.165) is 54.2 Å². The van der Waals surface area contributed by atoms with E-state index in [-0.39, 0.29) is 5.82 Å². The molecule has 1 aliphatic rings. The summed E-state index contributed by atoms with van der Waals surface area (Å²) < 4.78 is 16.0. The lowest BCUT2D eigenvalue weighted by Gasteiger charge is -2.18. The predicted octanol–water partition coefficient (Wildman–Crippen LogP) is 3.39. The molecule has 0 fully saturated rings. The van der Waals surface area contributed by atoms with E-state index in [1.807, 2.05) is 12.1 Å². The average Bonchev–Trinajstić information content (AvgIpc) is 2.76. The Bertz CT molecular complexity index is 577. The van der Waals surface area contributed by atoms with E-state index in [2.05, 4.69) is 30.8 Å². The van der Waals surface area contributed by atoms with E-state index in [1.165, 1.54) is 12.1 Å². The number of nitrogens with zero attached hydrogens (tertiary/aromatic N) is 2. The van der Waals surface area contributed by atoms with Crippen molar-refractivity contribution in [1.29, 1.82) is 0 Å². The fourth-order valence-electron chi connectivity index (χ4n) is 2.42. The minimum Gasteiger partial charge on any atom is -0.369 e. The van der Waals surface area contributed by atoms with Crippen LogP contribution in [0.4, 0.5) is 10.2 Å². The molecule has 0 spiro atoms. The Hall–Kier alpha value is -1.36. The molecule has 1 aliphatic heterocycles. The van der Waals surface area contributed by atoms with E-state index in [4.69, 9.17) is 0 Å². The second-order valence-electron chi connectivity index (χ2n) is 4.73. The number of rotatable bonds is 3. The lowest BCUT2D eigenvalue weighted by molar-refractivity contribution is 0.597. The Balaban J connectivity index is 1.75. The summed E-state index contributed by atoms with van der Waals surface area (Å²) in [5.41, 5.74) is 1.14. The Morgan fingerprint density at radius 1 is 1.26 bits per heavy atom. The van der Waals surface area contributed by atoms with E-state index < -0.39 is 0 Å². The highest BCUT2D eigenvalue weighted by molar-refractivity contribution is 9.10. The van der Waals surface area contributed by atoms with Crippen LogP contribution in [0, 0.1) is 5.82 Å². The van der Waals surface area contributed by atoms with Crippen molar-refractivity contribution < 1.29 is 4.39 Å². The maximum atomic E-state index is 12.8. The number of imidazole rings is 1. The van der Waals surface area contributed by atoms with Crippen molar-refractivity contribution in [2.75, 3.05) is 11.9 Å². The van der Waals surface area contributed by atoms with Gasteiger partial charge in [0.15, 0.2) is 0 Å². The van der Waals surface area contributed by atoms with Gasteiger partial charge in [-0.1, -0.05) is 12.1 Å². The number of benzene rings is 1. The molecule has 19 heavy (non-hydrogen) atoms. The van der Waals surface area contributed by atoms with Crippen LogP contribution in [0.3, 0.4) is 0 Å². The van der Waals surface area contributed by atoms with E-state index >= 15 is 0 Å². The number of hydrogen-bond acceptors (Lipinski definition) is 2. The zero-order chi connectivity index (χ0) is 13.2. The van der Waals surface area contributed by atoms with Crippen LogP contribution < -0.4 is 5.32 Å². The summed E-state index contributed by atoms with van der Waals surface area (Å²) in [6.45, 7) is 2.02. The summed E-state index contributed by atoms with van der Waals surface area (Å²) in [7, 11) is 0. The molecule has 1 N–H and O–H groups in total. The molecule has 0 unspecified atom stereocenters. The molecule has 0 aliphatic carbocycles. The fraction of sp³-hybridized carbons (Fsp3) is 0.357. The molecule has 1 aromatic heterocycles. The summed E-state index contributed by atoms with van der Waals surface area (Å²) in [6.07, 6.45) is 2.87. The van der Waals surface area contributed by atoms with Gasteiger partial charge in [0.05, 0.1) is 0 Å². The van der Waals surface area contributed by atoms with Gasteiger partial charge >= 0.3 is 0 Å². The van der Waals surface area contributed by atoms with Gasteiger partial charge in [0, 0.05) is 19.5 Å². The Kier molecular flexibility index (Phi) is 3.55. The molecule has 0 radical (unpaired) electrons. The van der Waals surface area contributed by atoms with Crippen LogP contribution in [0.15, 0.2) is 28.9 Å². The van der Waals surface area contributed by atoms with Gasteiger partial charge in [0.25, 0.3) is 0 Å². The van der Waals surface area contributed by atoms with E-state index in [0.29, 0.717) is 0 Å². The van der Waals surface area contributed by atoms with Gasteiger partial charge in [-0.25, -0.2) is 9.37 Å². The molecule has 0 bridgehead atoms. The molecule has 2 heterocycles. The van der Waals surface area contributed by atoms with E-state index in [1.54, 1.807) is 0 Å². The summed E-state index contributed by atoms with van der Waals surface area (Å²) in [4.78, 5) is 4.57. The van der Waals surface area contributed by atoms with Crippen molar-refractivity contribution in [3.63, 3.8) is 0 Å². The molecular weight excluding hydrogens is 309 g/mol. The van der Waals surface area contributed by atoms with Gasteiger partial charge in [0.2, 0.25) is 0 Å². The second-order valence-corrected chi connectivity index (χ2v) is 5.48. The minimum atomic E-state index is -0.186. The van der Waals surface area contributed by atoms with Gasteiger partial charge in [-0.3, -0.25) is 0 Å². The van der Waals surface area contributed by atoms with Crippen LogP contribution in [0.25, 0.3) is 0 Å². The first-order valence-electron chi connectivity index (χ1n) is 6.47. The number of fused-ring (bicyclic) bond motifs is 1. The summed E-state index contributed by atoms with van der Waals surface area (Å²) in [5.74, 6) is 1.98. The zero-order valence-corrected chi connectivity index (χ0v) is 12.1. The van der Waals surface area contributed by atoms with Gasteiger partial charge < -0.3 is 9.88 Å². The Morgan fingerprint density at radius 2 is 2.05 bits per heavy atom. The van der Waals surface area contributed by atoms with Crippen molar-refractivity contribution >= 4 is 21.7 Å². The maximum Gasteiger partial charge on any atom is 0.148 e. The highest BCUT2D eigenvalue weighted by Gasteiger charge is 2.17. The summed E-state index contributed by atoms with van der Waals surface area (Å²) >= 11 is 3.49. The molecular formula is C14H15BrFN3. The quantitative estimate of drug-likeness (QED) is 0.938. The standard InChI is InChI=1S/C14H15BrFN3/c15-13-14-17-8-1-9-19(14)12(18-13)7-4-10-2-5-11(16)6-3-10/h2-3,5-6,17H,1,4,7-9H2. The molecule has 3 rings (SSSR count). The number of aromatic nitrogens is 2. The summed E-state index contributed by atoms with van der Waals surface area (Å²) in [6, 6.07) is 6.69. The highest BCUT2D eigenvalue weighted by Crippen LogP contribution is 2.27. The first kappa shape index (κ1) is 12.7. The van der Waals surface area contributed by atoms with Gasteiger partial charge in [-0.15, -0.1) is 0 Å². The first-order chi connectivity index (χ1) is 9.24. The molecule has 0 atom stereocenters. The largest absolute Gasteiger partial charge is 0.369 e. The Labute approximate surface area is 120 Å². The number of hydrogen-bond donors (Lipinski definition) is 1. The number of anilines is 1. The second kappa shape index (κ2) is 5.33. The van der Waals surface area contributed by atoms with Crippen LogP contribution >= 0.6 is 15.9 Å². The summed E-state index contributed by atoms with van der Waals surface area (Å²) in [5, 5.41) is 3.36. The van der Waals surface area contributed by atoms with Crippen LogP contribution in [-0.4, -0.2) is 16.1 Å². The third-order valence-corrected chi connectivity index (χ3v) is 3.96. The van der Waals surface area contributed by atoms with E-state index in [9.17, 15) is 4.39 Å². The number of halogens is 2. The predicted molar refractivity (Wildman–Crippen MR) is 76.8 cm³/mol. The SMILES string of the molecule is Fc1ccc(CCc2nc(Br)c3n2CCCN3)cc1. The smallest absolute Gasteiger partial charge is 0.148 e. The van der Waals surface area contributed by atoms with Crippen molar-refractivity contribution in [2.24, 2.45) is 0 Å². The average molecular weight is 324 g/mol. The lowest BCUT2D eigenvalue weighted by Crippen LogP contribution is -2.18. The molecule has 3 nitrogen and oxygen atoms in total. The lowest BCUT2D eigenvalue weighted by atomic mass is 10.1. The molecule has 5 heteroatoms. The third-order valence-electron chi connectivity index (χ3n) is 3.41. The molecule has 0 saturated heterocycles. The zero-order valence-electron chi connectivity index (χ0n) is 10.5. The normalized spacial score (nSPS) is 14.0. The van der Waals surface area contributed by atoms with Gasteiger partial charge in [-0.05, 0) is 46.5 Å². The molecule has 100 valence electrons. The van der Waals surface area contributed by atoms with Crippen molar-refractivity contribution in [3.8, 4) is 0 Å². The van der Waals surface area contributed by atoms with Gasteiger partial charge in [0.1, 0.15) is 22.1 Å². The van der Waals surface area contributed by atoms with Crippen molar-refractivity contribution in [3.05, 3.63) is 46.1 Å². The fourth-order valence-corrected chi connectivity index (χ4v) is 2.98. The molecule has 0 saturated carbocycles. The van der Waals surface area contributed by atoms with Crippen LogP contribution in [0.2, 0.25) is 0 Å². The van der Waals surface area contributed by atoms with Crippen LogP contribution in [0.5, 0.6) is 0 Å². The third kappa shape index (κ3) is 2.66. The maximum absolute atomic E-state index is 12.8.